The average Bonchev–Trinajstić information content (AvgIpc) is 4.23. The summed E-state index contributed by atoms with van der Waals surface area (Å²) in [7, 11) is -4.29. The molecule has 24 heteroatoms. The first kappa shape index (κ1) is 49.9. The monoisotopic (exact) mass is 1050 g/mol. The number of aromatic amines is 2. The minimum absolute atomic E-state index is 0.00306. The smallest absolute Gasteiger partial charge is 0.295 e. The predicted molar refractivity (Wildman–Crippen MR) is 268 cm³/mol. The summed E-state index contributed by atoms with van der Waals surface area (Å²) in [6.07, 6.45) is 6.68. The summed E-state index contributed by atoms with van der Waals surface area (Å²) in [4.78, 5) is 16.9. The Morgan fingerprint density at radius 3 is 1.01 bits per heavy atom. The van der Waals surface area contributed by atoms with Gasteiger partial charge in [-0.25, -0.2) is 20.5 Å². The summed E-state index contributed by atoms with van der Waals surface area (Å²) >= 11 is 1.34. The standard InChI is InChI=1S/C48H38N4O16S4/c1-61-25-5-9-29(41(21-25)69-67-65-53)45-33-13-14-34(49-33)46(30-10-6-26(62-2)22-42(30)70-68-66-54)36-16-18-38(51-36)48(32-12-8-28(64-4)24-44(32)72(58,59)60)40-20-19-39(52-40)47(37-17-15-35(45)50-37)31-11-7-27(63-3)23-43(31)71(55,56)57/h5-24,49,52-54H,1-4H3,(H,55,56,57)(H,58,59,60). The maximum atomic E-state index is 13.3. The number of rotatable bonds is 16. The van der Waals surface area contributed by atoms with Crippen LogP contribution >= 0.6 is 24.1 Å². The van der Waals surface area contributed by atoms with Crippen molar-refractivity contribution in [2.45, 2.75) is 19.6 Å². The molecule has 4 aromatic carbocycles. The van der Waals surface area contributed by atoms with E-state index in [1.165, 1.54) is 64.8 Å². The van der Waals surface area contributed by atoms with E-state index in [-0.39, 0.29) is 56.2 Å². The largest absolute Gasteiger partial charge is 0.497 e. The molecule has 0 aliphatic carbocycles. The van der Waals surface area contributed by atoms with Gasteiger partial charge < -0.3 is 28.9 Å². The van der Waals surface area contributed by atoms with Crippen molar-refractivity contribution >= 4 is 90.7 Å². The summed E-state index contributed by atoms with van der Waals surface area (Å²) in [5.74, 6) is 1.10. The fourth-order valence-corrected chi connectivity index (χ4v) is 10.8. The van der Waals surface area contributed by atoms with Gasteiger partial charge in [0.25, 0.3) is 20.2 Å². The normalized spacial score (nSPS) is 12.3. The highest BCUT2D eigenvalue weighted by molar-refractivity contribution is 7.95. The van der Waals surface area contributed by atoms with Crippen molar-refractivity contribution in [2.24, 2.45) is 0 Å². The van der Waals surface area contributed by atoms with Gasteiger partial charge in [0.15, 0.2) is 0 Å². The molecule has 72 heavy (non-hydrogen) atoms. The molecule has 0 saturated carbocycles. The van der Waals surface area contributed by atoms with Crippen LogP contribution in [0.3, 0.4) is 0 Å². The van der Waals surface area contributed by atoms with Gasteiger partial charge in [-0.3, -0.25) is 9.11 Å². The average molecular weight is 1060 g/mol. The molecule has 20 nitrogen and oxygen atoms in total. The lowest BCUT2D eigenvalue weighted by Gasteiger charge is -2.13. The Kier molecular flexibility index (Phi) is 14.3. The molecule has 0 unspecified atom stereocenters. The molecule has 7 aromatic rings. The Labute approximate surface area is 418 Å². The number of hydrogen-bond donors (Lipinski definition) is 6. The first-order valence-corrected chi connectivity index (χ1v) is 25.2. The van der Waals surface area contributed by atoms with Crippen LogP contribution in [0.1, 0.15) is 22.8 Å². The SMILES string of the molecule is COc1ccc(-c2c3nc(c(-c4ccc(OC)cc4S(=O)(=O)O)c4ccc([nH]4)c(-c4ccc(OC)cc4S(=O)(=O)O)c4nc(c(-c5ccc(OC)cc5SOOO)c5ccc2[nH]5)C=C4)C=C3)c(SOOO)c1. The van der Waals surface area contributed by atoms with Gasteiger partial charge in [0.05, 0.1) is 85.1 Å². The highest BCUT2D eigenvalue weighted by atomic mass is 32.2. The summed E-state index contributed by atoms with van der Waals surface area (Å²) in [5.41, 5.74) is 4.61. The van der Waals surface area contributed by atoms with E-state index in [4.69, 9.17) is 37.6 Å². The van der Waals surface area contributed by atoms with Crippen LogP contribution in [-0.2, 0) is 39.0 Å². The topological polar surface area (TPSA) is 280 Å². The molecule has 6 N–H and O–H groups in total. The van der Waals surface area contributed by atoms with E-state index in [0.29, 0.717) is 90.1 Å². The van der Waals surface area contributed by atoms with E-state index in [0.717, 1.165) is 0 Å². The molecule has 0 amide bonds. The predicted octanol–water partition coefficient (Wildman–Crippen LogP) is 10.7. The quantitative estimate of drug-likeness (QED) is 0.0227. The van der Waals surface area contributed by atoms with E-state index < -0.39 is 30.0 Å². The zero-order valence-corrected chi connectivity index (χ0v) is 41.0. The second-order valence-corrected chi connectivity index (χ2v) is 19.6. The molecule has 0 atom stereocenters. The number of ether oxygens (including phenoxy) is 4. The van der Waals surface area contributed by atoms with Crippen molar-refractivity contribution in [3.63, 3.8) is 0 Å². The zero-order valence-electron chi connectivity index (χ0n) is 37.8. The van der Waals surface area contributed by atoms with Crippen molar-refractivity contribution < 1.29 is 74.1 Å². The Bertz CT molecular complexity index is 3520. The van der Waals surface area contributed by atoms with Crippen LogP contribution < -0.4 is 18.9 Å². The van der Waals surface area contributed by atoms with Crippen LogP contribution in [0.4, 0.5) is 0 Å². The van der Waals surface area contributed by atoms with Crippen molar-refractivity contribution in [2.75, 3.05) is 28.4 Å². The van der Waals surface area contributed by atoms with Crippen LogP contribution in [-0.4, -0.2) is 84.8 Å². The molecule has 5 heterocycles. The van der Waals surface area contributed by atoms with Crippen LogP contribution in [0, 0.1) is 0 Å². The number of nitrogens with one attached hydrogen (secondary N) is 2. The Hall–Kier alpha value is -7.04. The molecular formula is C48H38N4O16S4. The number of benzene rings is 4. The highest BCUT2D eigenvalue weighted by Crippen LogP contribution is 2.45. The Morgan fingerprint density at radius 2 is 0.722 bits per heavy atom. The van der Waals surface area contributed by atoms with Crippen molar-refractivity contribution in [3.05, 3.63) is 120 Å². The number of nitrogens with zero attached hydrogens (tertiary/aromatic N) is 2. The van der Waals surface area contributed by atoms with E-state index in [9.17, 15) is 36.5 Å². The van der Waals surface area contributed by atoms with E-state index in [1.807, 2.05) is 0 Å². The molecule has 0 spiro atoms. The van der Waals surface area contributed by atoms with Gasteiger partial charge in [0.2, 0.25) is 0 Å². The molecule has 8 bridgehead atoms. The number of aromatic nitrogens is 4. The molecule has 0 fully saturated rings. The van der Waals surface area contributed by atoms with Gasteiger partial charge in [-0.2, -0.15) is 16.8 Å². The van der Waals surface area contributed by atoms with Crippen molar-refractivity contribution in [1.82, 2.24) is 19.9 Å². The maximum Gasteiger partial charge on any atom is 0.295 e. The van der Waals surface area contributed by atoms with E-state index >= 15 is 0 Å². The number of methoxy groups -OCH3 is 4. The molecule has 3 aromatic heterocycles. The molecular weight excluding hydrogens is 1020 g/mol. The van der Waals surface area contributed by atoms with Crippen molar-refractivity contribution in [1.29, 1.82) is 0 Å². The van der Waals surface area contributed by atoms with E-state index in [1.54, 1.807) is 85.0 Å². The first-order valence-electron chi connectivity index (χ1n) is 20.8. The molecule has 9 rings (SSSR count). The summed E-state index contributed by atoms with van der Waals surface area (Å²) in [6.45, 7) is 0. The molecule has 370 valence electrons. The highest BCUT2D eigenvalue weighted by Gasteiger charge is 2.27. The summed E-state index contributed by atoms with van der Waals surface area (Å²) in [5, 5.41) is 26.6. The van der Waals surface area contributed by atoms with Crippen LogP contribution in [0.2, 0.25) is 0 Å². The van der Waals surface area contributed by atoms with Crippen LogP contribution in [0.5, 0.6) is 23.0 Å². The lowest BCUT2D eigenvalue weighted by molar-refractivity contribution is -0.432. The number of hydrogen-bond acceptors (Lipinski definition) is 18. The summed E-state index contributed by atoms with van der Waals surface area (Å²) < 4.78 is 106. The minimum Gasteiger partial charge on any atom is -0.497 e. The number of fused-ring (bicyclic) bond motifs is 8. The van der Waals surface area contributed by atoms with Gasteiger partial charge in [-0.15, -0.1) is 8.67 Å². The van der Waals surface area contributed by atoms with E-state index in [2.05, 4.69) is 20.0 Å². The molecule has 0 saturated heterocycles. The number of H-pyrrole nitrogens is 2. The lowest BCUT2D eigenvalue weighted by Crippen LogP contribution is -2.03. The van der Waals surface area contributed by atoms with Gasteiger partial charge in [0, 0.05) is 78.7 Å². The van der Waals surface area contributed by atoms with Crippen LogP contribution in [0.25, 0.3) is 90.9 Å². The first-order chi connectivity index (χ1) is 34.7. The lowest BCUT2D eigenvalue weighted by atomic mass is 10.0. The zero-order chi connectivity index (χ0) is 50.9. The van der Waals surface area contributed by atoms with Crippen LogP contribution in [0.15, 0.2) is 117 Å². The van der Waals surface area contributed by atoms with Gasteiger partial charge in [-0.1, -0.05) is 10.1 Å². The fourth-order valence-electron chi connectivity index (χ4n) is 8.35. The van der Waals surface area contributed by atoms with Gasteiger partial charge in [0.1, 0.15) is 32.8 Å². The summed E-state index contributed by atoms with van der Waals surface area (Å²) in [6, 6.07) is 25.2. The molecule has 2 aliphatic rings. The molecule has 2 aliphatic heterocycles. The third-order valence-electron chi connectivity index (χ3n) is 11.5. The maximum absolute atomic E-state index is 13.3. The third kappa shape index (κ3) is 9.81. The molecule has 0 radical (unpaired) electrons. The Morgan fingerprint density at radius 1 is 0.431 bits per heavy atom. The Balaban J connectivity index is 1.53. The minimum atomic E-state index is -4.96. The van der Waals surface area contributed by atoms with Crippen molar-refractivity contribution in [3.8, 4) is 67.5 Å². The van der Waals surface area contributed by atoms with Gasteiger partial charge >= 0.3 is 0 Å². The second-order valence-electron chi connectivity index (χ2n) is 15.4. The third-order valence-corrected chi connectivity index (χ3v) is 14.5. The second kappa shape index (κ2) is 20.6. The fraction of sp³-hybridized carbons (Fsp3) is 0.0833. The van der Waals surface area contributed by atoms with Gasteiger partial charge in [-0.05, 0) is 109 Å².